The number of urea groups is 1. The lowest BCUT2D eigenvalue weighted by Gasteiger charge is -2.20. The number of aryl methyl sites for hydroxylation is 4. The molecule has 30 heavy (non-hydrogen) atoms. The zero-order chi connectivity index (χ0) is 21.5. The molecule has 2 aromatic carbocycles. The fraction of sp³-hybridized carbons (Fsp3) is 0.333. The maximum absolute atomic E-state index is 12.6. The Morgan fingerprint density at radius 1 is 1.20 bits per heavy atom. The molecule has 6 nitrogen and oxygen atoms in total. The van der Waals surface area contributed by atoms with Crippen molar-refractivity contribution in [3.63, 3.8) is 0 Å². The number of ether oxygens (including phenoxy) is 1. The summed E-state index contributed by atoms with van der Waals surface area (Å²) in [4.78, 5) is 17.1. The number of carbonyl (C=O) groups excluding carboxylic acids is 1. The lowest BCUT2D eigenvalue weighted by Crippen LogP contribution is -2.39. The summed E-state index contributed by atoms with van der Waals surface area (Å²) in [6.45, 7) is 4.83. The van der Waals surface area contributed by atoms with Crippen LogP contribution in [0.5, 0.6) is 5.75 Å². The van der Waals surface area contributed by atoms with E-state index in [9.17, 15) is 4.79 Å². The Bertz CT molecular complexity index is 996. The number of imidazole rings is 1. The van der Waals surface area contributed by atoms with Crippen molar-refractivity contribution in [2.75, 3.05) is 13.7 Å². The smallest absolute Gasteiger partial charge is 0.315 e. The second kappa shape index (κ2) is 9.96. The number of carbonyl (C=O) groups is 1. The first-order valence-corrected chi connectivity index (χ1v) is 10.2. The molecule has 0 saturated heterocycles. The Morgan fingerprint density at radius 3 is 2.73 bits per heavy atom. The largest absolute Gasteiger partial charge is 0.497 e. The molecule has 0 bridgehead atoms. The van der Waals surface area contributed by atoms with Gasteiger partial charge in [0, 0.05) is 26.0 Å². The quantitative estimate of drug-likeness (QED) is 0.554. The predicted molar refractivity (Wildman–Crippen MR) is 119 cm³/mol. The van der Waals surface area contributed by atoms with E-state index >= 15 is 0 Å². The van der Waals surface area contributed by atoms with Crippen LogP contribution >= 0.6 is 0 Å². The van der Waals surface area contributed by atoms with Crippen LogP contribution in [0.25, 0.3) is 0 Å². The summed E-state index contributed by atoms with van der Waals surface area (Å²) in [6.07, 6.45) is 5.41. The fourth-order valence-electron chi connectivity index (χ4n) is 3.56. The highest BCUT2D eigenvalue weighted by Crippen LogP contribution is 2.24. The first-order chi connectivity index (χ1) is 14.5. The van der Waals surface area contributed by atoms with Crippen LogP contribution < -0.4 is 15.4 Å². The maximum Gasteiger partial charge on any atom is 0.315 e. The van der Waals surface area contributed by atoms with E-state index < -0.39 is 0 Å². The Morgan fingerprint density at radius 2 is 2.03 bits per heavy atom. The molecule has 2 amide bonds. The number of rotatable bonds is 8. The molecule has 0 fully saturated rings. The molecular formula is C24H30N4O2. The van der Waals surface area contributed by atoms with Crippen molar-refractivity contribution >= 4 is 6.03 Å². The summed E-state index contributed by atoms with van der Waals surface area (Å²) >= 11 is 0. The number of hydrogen-bond donors (Lipinski definition) is 2. The third-order valence-electron chi connectivity index (χ3n) is 5.23. The van der Waals surface area contributed by atoms with Gasteiger partial charge in [0.25, 0.3) is 0 Å². The minimum absolute atomic E-state index is 0.216. The summed E-state index contributed by atoms with van der Waals surface area (Å²) in [5.41, 5.74) is 4.80. The van der Waals surface area contributed by atoms with E-state index in [1.165, 1.54) is 16.7 Å². The number of methoxy groups -OCH3 is 1. The third kappa shape index (κ3) is 5.41. The van der Waals surface area contributed by atoms with Gasteiger partial charge < -0.3 is 19.9 Å². The highest BCUT2D eigenvalue weighted by atomic mass is 16.5. The molecule has 1 aromatic heterocycles. The lowest BCUT2D eigenvalue weighted by molar-refractivity contribution is 0.238. The van der Waals surface area contributed by atoms with Crippen LogP contribution in [0.2, 0.25) is 0 Å². The highest BCUT2D eigenvalue weighted by Gasteiger charge is 2.21. The Hall–Kier alpha value is -3.28. The van der Waals surface area contributed by atoms with Gasteiger partial charge in [-0.2, -0.15) is 0 Å². The number of aromatic nitrogens is 2. The standard InChI is InChI=1S/C24H30N4O2/c1-17-10-11-19(18(2)15-17)8-6-12-26-24(29)27-22(23-25-13-14-28(23)3)20-7-5-9-21(16-20)30-4/h5,7,9-11,13-16,22H,6,8,12H2,1-4H3,(H2,26,27,29)/t22-/m1/s1. The fourth-order valence-corrected chi connectivity index (χ4v) is 3.56. The van der Waals surface area contributed by atoms with Gasteiger partial charge in [-0.3, -0.25) is 0 Å². The number of nitrogens with zero attached hydrogens (tertiary/aromatic N) is 2. The Balaban J connectivity index is 1.61. The topological polar surface area (TPSA) is 68.2 Å². The van der Waals surface area contributed by atoms with Crippen molar-refractivity contribution in [1.82, 2.24) is 20.2 Å². The zero-order valence-corrected chi connectivity index (χ0v) is 18.1. The normalized spacial score (nSPS) is 11.7. The van der Waals surface area contributed by atoms with E-state index in [-0.39, 0.29) is 12.1 Å². The van der Waals surface area contributed by atoms with Gasteiger partial charge in [0.05, 0.1) is 7.11 Å². The molecule has 0 aliphatic heterocycles. The average molecular weight is 407 g/mol. The van der Waals surface area contributed by atoms with E-state index in [4.69, 9.17) is 4.74 Å². The average Bonchev–Trinajstić information content (AvgIpc) is 3.16. The van der Waals surface area contributed by atoms with Gasteiger partial charge in [-0.05, 0) is 55.5 Å². The molecule has 0 aliphatic rings. The van der Waals surface area contributed by atoms with Gasteiger partial charge in [0.1, 0.15) is 17.6 Å². The monoisotopic (exact) mass is 406 g/mol. The Kier molecular flexibility index (Phi) is 7.12. The summed E-state index contributed by atoms with van der Waals surface area (Å²) in [6, 6.07) is 13.6. The van der Waals surface area contributed by atoms with Crippen LogP contribution in [-0.2, 0) is 13.5 Å². The molecule has 0 spiro atoms. The molecule has 3 rings (SSSR count). The van der Waals surface area contributed by atoms with Crippen LogP contribution in [0.15, 0.2) is 54.9 Å². The van der Waals surface area contributed by atoms with Crippen LogP contribution in [0.3, 0.4) is 0 Å². The highest BCUT2D eigenvalue weighted by molar-refractivity contribution is 5.74. The minimum Gasteiger partial charge on any atom is -0.497 e. The second-order valence-electron chi connectivity index (χ2n) is 7.54. The van der Waals surface area contributed by atoms with E-state index in [0.717, 1.165) is 30.0 Å². The van der Waals surface area contributed by atoms with Crippen LogP contribution in [0.4, 0.5) is 4.79 Å². The SMILES string of the molecule is COc1cccc([C@@H](NC(=O)NCCCc2ccc(C)cc2C)c2nccn2C)c1. The van der Waals surface area contributed by atoms with E-state index in [0.29, 0.717) is 6.54 Å². The lowest BCUT2D eigenvalue weighted by atomic mass is 10.0. The number of hydrogen-bond acceptors (Lipinski definition) is 3. The van der Waals surface area contributed by atoms with Crippen LogP contribution in [-0.4, -0.2) is 29.2 Å². The number of amides is 2. The molecule has 0 aliphatic carbocycles. The van der Waals surface area contributed by atoms with E-state index in [1.807, 2.05) is 42.1 Å². The minimum atomic E-state index is -0.376. The van der Waals surface area contributed by atoms with Crippen molar-refractivity contribution in [2.45, 2.75) is 32.7 Å². The van der Waals surface area contributed by atoms with Crippen molar-refractivity contribution in [3.8, 4) is 5.75 Å². The van der Waals surface area contributed by atoms with Gasteiger partial charge in [-0.1, -0.05) is 35.9 Å². The van der Waals surface area contributed by atoms with Crippen LogP contribution in [0.1, 0.15) is 40.5 Å². The molecule has 1 atom stereocenters. The van der Waals surface area contributed by atoms with E-state index in [2.05, 4.69) is 47.7 Å². The molecular weight excluding hydrogens is 376 g/mol. The molecule has 6 heteroatoms. The molecule has 1 heterocycles. The molecule has 3 aromatic rings. The maximum atomic E-state index is 12.6. The van der Waals surface area contributed by atoms with Gasteiger partial charge in [-0.25, -0.2) is 9.78 Å². The van der Waals surface area contributed by atoms with Crippen molar-refractivity contribution < 1.29 is 9.53 Å². The van der Waals surface area contributed by atoms with Gasteiger partial charge in [-0.15, -0.1) is 0 Å². The number of benzene rings is 2. The number of nitrogens with one attached hydrogen (secondary N) is 2. The molecule has 158 valence electrons. The third-order valence-corrected chi connectivity index (χ3v) is 5.23. The summed E-state index contributed by atoms with van der Waals surface area (Å²) < 4.78 is 7.25. The first kappa shape index (κ1) is 21.4. The Labute approximate surface area is 178 Å². The first-order valence-electron chi connectivity index (χ1n) is 10.2. The molecule has 0 saturated carbocycles. The second-order valence-corrected chi connectivity index (χ2v) is 7.54. The van der Waals surface area contributed by atoms with Gasteiger partial charge in [0.2, 0.25) is 0 Å². The summed E-state index contributed by atoms with van der Waals surface area (Å²) in [5, 5.41) is 6.03. The van der Waals surface area contributed by atoms with Crippen LogP contribution in [0, 0.1) is 13.8 Å². The predicted octanol–water partition coefficient (Wildman–Crippen LogP) is 4.07. The zero-order valence-electron chi connectivity index (χ0n) is 18.1. The summed E-state index contributed by atoms with van der Waals surface area (Å²) in [7, 11) is 3.55. The molecule has 0 unspecified atom stereocenters. The van der Waals surface area contributed by atoms with E-state index in [1.54, 1.807) is 13.3 Å². The van der Waals surface area contributed by atoms with Gasteiger partial charge in [0.15, 0.2) is 0 Å². The molecule has 0 radical (unpaired) electrons. The van der Waals surface area contributed by atoms with Crippen molar-refractivity contribution in [1.29, 1.82) is 0 Å². The van der Waals surface area contributed by atoms with Gasteiger partial charge >= 0.3 is 6.03 Å². The van der Waals surface area contributed by atoms with Crippen molar-refractivity contribution in [2.24, 2.45) is 7.05 Å². The van der Waals surface area contributed by atoms with Crippen molar-refractivity contribution in [3.05, 3.63) is 82.9 Å². The molecule has 2 N–H and O–H groups in total. The summed E-state index contributed by atoms with van der Waals surface area (Å²) in [5.74, 6) is 1.50.